The van der Waals surface area contributed by atoms with Gasteiger partial charge in [-0.15, -0.1) is 0 Å². The molecule has 0 bridgehead atoms. The molecule has 0 aromatic heterocycles. The van der Waals surface area contributed by atoms with E-state index in [-0.39, 0.29) is 0 Å². The van der Waals surface area contributed by atoms with Gasteiger partial charge in [-0.05, 0) is 23.5 Å². The lowest BCUT2D eigenvalue weighted by molar-refractivity contribution is 0.362. The van der Waals surface area contributed by atoms with Crippen LogP contribution in [0.15, 0.2) is 18.2 Å². The van der Waals surface area contributed by atoms with Crippen LogP contribution in [0.2, 0.25) is 0 Å². The first kappa shape index (κ1) is 11.3. The van der Waals surface area contributed by atoms with Gasteiger partial charge in [-0.3, -0.25) is 0 Å². The Morgan fingerprint density at radius 3 is 2.69 bits per heavy atom. The minimum atomic E-state index is 0.616. The smallest absolute Gasteiger partial charge is 0.142 e. The third kappa shape index (κ3) is 1.77. The van der Waals surface area contributed by atoms with Gasteiger partial charge in [0.2, 0.25) is 0 Å². The van der Waals surface area contributed by atoms with Gasteiger partial charge in [-0.2, -0.15) is 0 Å². The number of fused-ring (bicyclic) bond motifs is 1. The molecule has 2 nitrogen and oxygen atoms in total. The third-order valence-electron chi connectivity index (χ3n) is 3.86. The van der Waals surface area contributed by atoms with E-state index in [2.05, 4.69) is 38.2 Å². The quantitative estimate of drug-likeness (QED) is 0.840. The maximum absolute atomic E-state index is 5.38. The van der Waals surface area contributed by atoms with Gasteiger partial charge in [0.15, 0.2) is 0 Å². The molecule has 1 aromatic carbocycles. The van der Waals surface area contributed by atoms with Gasteiger partial charge in [0, 0.05) is 12.5 Å². The molecule has 2 heteroatoms. The van der Waals surface area contributed by atoms with Crippen molar-refractivity contribution in [2.45, 2.75) is 26.7 Å². The van der Waals surface area contributed by atoms with E-state index in [9.17, 15) is 0 Å². The Kier molecular flexibility index (Phi) is 3.08. The zero-order chi connectivity index (χ0) is 11.7. The highest BCUT2D eigenvalue weighted by molar-refractivity contribution is 5.66. The molecule has 1 heterocycles. The van der Waals surface area contributed by atoms with Crippen molar-refractivity contribution >= 4 is 5.69 Å². The van der Waals surface area contributed by atoms with Crippen molar-refractivity contribution in [2.24, 2.45) is 11.8 Å². The molecule has 1 aliphatic rings. The number of para-hydroxylation sites is 1. The molecule has 0 fully saturated rings. The van der Waals surface area contributed by atoms with Gasteiger partial charge < -0.3 is 10.1 Å². The van der Waals surface area contributed by atoms with Crippen molar-refractivity contribution in [3.8, 4) is 5.75 Å². The molecule has 2 rings (SSSR count). The second kappa shape index (κ2) is 4.36. The summed E-state index contributed by atoms with van der Waals surface area (Å²) in [5.41, 5.74) is 2.61. The molecule has 2 atom stereocenters. The van der Waals surface area contributed by atoms with Crippen molar-refractivity contribution in [3.63, 3.8) is 0 Å². The number of methoxy groups -OCH3 is 1. The Bertz CT molecular complexity index is 373. The Balaban J connectivity index is 2.33. The van der Waals surface area contributed by atoms with Crippen LogP contribution in [0.25, 0.3) is 0 Å². The molecule has 16 heavy (non-hydrogen) atoms. The zero-order valence-electron chi connectivity index (χ0n) is 10.6. The van der Waals surface area contributed by atoms with Crippen LogP contribution >= 0.6 is 0 Å². The first-order chi connectivity index (χ1) is 7.65. The Morgan fingerprint density at radius 2 is 2.06 bits per heavy atom. The number of nitrogens with one attached hydrogen (secondary N) is 1. The predicted octanol–water partition coefficient (Wildman–Crippen LogP) is 3.50. The van der Waals surface area contributed by atoms with E-state index in [0.717, 1.165) is 12.3 Å². The summed E-state index contributed by atoms with van der Waals surface area (Å²) in [7, 11) is 1.73. The van der Waals surface area contributed by atoms with E-state index < -0.39 is 0 Å². The van der Waals surface area contributed by atoms with E-state index in [0.29, 0.717) is 17.8 Å². The van der Waals surface area contributed by atoms with Crippen LogP contribution in [-0.2, 0) is 0 Å². The third-order valence-corrected chi connectivity index (χ3v) is 3.86. The summed E-state index contributed by atoms with van der Waals surface area (Å²) in [6.07, 6.45) is 0. The largest absolute Gasteiger partial charge is 0.495 e. The van der Waals surface area contributed by atoms with Crippen LogP contribution in [-0.4, -0.2) is 13.7 Å². The van der Waals surface area contributed by atoms with Gasteiger partial charge >= 0.3 is 0 Å². The van der Waals surface area contributed by atoms with Crippen LogP contribution in [0.3, 0.4) is 0 Å². The SMILES string of the molecule is COc1cccc2c1NCC2C(C)C(C)C. The Hall–Kier alpha value is -1.18. The van der Waals surface area contributed by atoms with Crippen LogP contribution in [0, 0.1) is 11.8 Å². The number of rotatable bonds is 3. The van der Waals surface area contributed by atoms with Crippen LogP contribution < -0.4 is 10.1 Å². The fraction of sp³-hybridized carbons (Fsp3) is 0.571. The van der Waals surface area contributed by atoms with Gasteiger partial charge in [-0.25, -0.2) is 0 Å². The van der Waals surface area contributed by atoms with Crippen LogP contribution in [0.5, 0.6) is 5.75 Å². The van der Waals surface area contributed by atoms with E-state index in [1.54, 1.807) is 7.11 Å². The second-order valence-corrected chi connectivity index (χ2v) is 5.02. The van der Waals surface area contributed by atoms with Gasteiger partial charge in [-0.1, -0.05) is 32.9 Å². The molecule has 0 amide bonds. The highest BCUT2D eigenvalue weighted by Gasteiger charge is 2.30. The molecule has 0 radical (unpaired) electrons. The van der Waals surface area contributed by atoms with E-state index in [1.807, 2.05) is 6.07 Å². The predicted molar refractivity (Wildman–Crippen MR) is 68.2 cm³/mol. The molecule has 0 saturated heterocycles. The van der Waals surface area contributed by atoms with Gasteiger partial charge in [0.05, 0.1) is 12.8 Å². The van der Waals surface area contributed by atoms with Gasteiger partial charge in [0.25, 0.3) is 0 Å². The van der Waals surface area contributed by atoms with Crippen molar-refractivity contribution in [1.29, 1.82) is 0 Å². The summed E-state index contributed by atoms with van der Waals surface area (Å²) in [5.74, 6) is 2.99. The second-order valence-electron chi connectivity index (χ2n) is 5.02. The molecule has 2 unspecified atom stereocenters. The maximum atomic E-state index is 5.38. The van der Waals surface area contributed by atoms with E-state index in [1.165, 1.54) is 11.3 Å². The fourth-order valence-electron chi connectivity index (χ4n) is 2.47. The first-order valence-electron chi connectivity index (χ1n) is 6.06. The summed E-state index contributed by atoms with van der Waals surface area (Å²) in [6, 6.07) is 6.33. The molecule has 0 saturated carbocycles. The minimum absolute atomic E-state index is 0.616. The molecule has 1 aliphatic heterocycles. The molecule has 1 N–H and O–H groups in total. The average Bonchev–Trinajstić information content (AvgIpc) is 2.71. The number of hydrogen-bond donors (Lipinski definition) is 1. The lowest BCUT2D eigenvalue weighted by atomic mass is 9.82. The van der Waals surface area contributed by atoms with E-state index in [4.69, 9.17) is 4.74 Å². The van der Waals surface area contributed by atoms with Gasteiger partial charge in [0.1, 0.15) is 5.75 Å². The fourth-order valence-corrected chi connectivity index (χ4v) is 2.47. The Labute approximate surface area is 98.0 Å². The molecular weight excluding hydrogens is 198 g/mol. The topological polar surface area (TPSA) is 21.3 Å². The first-order valence-corrected chi connectivity index (χ1v) is 6.06. The van der Waals surface area contributed by atoms with Crippen LogP contribution in [0.4, 0.5) is 5.69 Å². The minimum Gasteiger partial charge on any atom is -0.495 e. The Morgan fingerprint density at radius 1 is 1.31 bits per heavy atom. The maximum Gasteiger partial charge on any atom is 0.142 e. The summed E-state index contributed by atoms with van der Waals surface area (Å²) in [6.45, 7) is 7.96. The van der Waals surface area contributed by atoms with Crippen LogP contribution in [0.1, 0.15) is 32.3 Å². The van der Waals surface area contributed by atoms with E-state index >= 15 is 0 Å². The lowest BCUT2D eigenvalue weighted by Gasteiger charge is -2.22. The number of ether oxygens (including phenoxy) is 1. The molecule has 1 aromatic rings. The molecule has 0 aliphatic carbocycles. The highest BCUT2D eigenvalue weighted by atomic mass is 16.5. The average molecular weight is 219 g/mol. The van der Waals surface area contributed by atoms with Crippen molar-refractivity contribution < 1.29 is 4.74 Å². The summed E-state index contributed by atoms with van der Waals surface area (Å²) in [5, 5.41) is 3.48. The molecular formula is C14H21NO. The van der Waals surface area contributed by atoms with Crippen molar-refractivity contribution in [1.82, 2.24) is 0 Å². The zero-order valence-corrected chi connectivity index (χ0v) is 10.6. The number of anilines is 1. The standard InChI is InChI=1S/C14H21NO/c1-9(2)10(3)12-8-15-14-11(12)6-5-7-13(14)16-4/h5-7,9-10,12,15H,8H2,1-4H3. The molecule has 88 valence electrons. The lowest BCUT2D eigenvalue weighted by Crippen LogP contribution is -2.16. The summed E-state index contributed by atoms with van der Waals surface area (Å²) < 4.78 is 5.38. The number of hydrogen-bond acceptors (Lipinski definition) is 2. The summed E-state index contributed by atoms with van der Waals surface area (Å²) in [4.78, 5) is 0. The number of benzene rings is 1. The van der Waals surface area contributed by atoms with Crippen molar-refractivity contribution in [3.05, 3.63) is 23.8 Å². The summed E-state index contributed by atoms with van der Waals surface area (Å²) >= 11 is 0. The highest BCUT2D eigenvalue weighted by Crippen LogP contribution is 2.43. The normalized spacial score (nSPS) is 20.4. The monoisotopic (exact) mass is 219 g/mol. The molecule has 0 spiro atoms. The van der Waals surface area contributed by atoms with Crippen molar-refractivity contribution in [2.75, 3.05) is 19.0 Å².